The topological polar surface area (TPSA) is 52.9 Å². The van der Waals surface area contributed by atoms with Crippen LogP contribution >= 0.6 is 28.6 Å². The van der Waals surface area contributed by atoms with Crippen molar-refractivity contribution in [2.45, 2.75) is 11.7 Å². The first-order valence-electron chi connectivity index (χ1n) is 6.32. The predicted octanol–water partition coefficient (Wildman–Crippen LogP) is 3.80. The first-order chi connectivity index (χ1) is 10.1. The van der Waals surface area contributed by atoms with Gasteiger partial charge in [-0.05, 0) is 30.2 Å². The molecule has 1 N–H and O–H groups in total. The quantitative estimate of drug-likeness (QED) is 0.814. The summed E-state index contributed by atoms with van der Waals surface area (Å²) >= 11 is 7.64. The average Bonchev–Trinajstić information content (AvgIpc) is 2.49. The van der Waals surface area contributed by atoms with Crippen molar-refractivity contribution in [2.75, 3.05) is 5.32 Å². The van der Waals surface area contributed by atoms with Crippen molar-refractivity contribution in [3.63, 3.8) is 0 Å². The summed E-state index contributed by atoms with van der Waals surface area (Å²) in [5.41, 5.74) is 1.96. The van der Waals surface area contributed by atoms with Gasteiger partial charge in [-0.25, -0.2) is 0 Å². The normalized spacial score (nSPS) is 11.5. The van der Waals surface area contributed by atoms with Gasteiger partial charge in [-0.15, -0.1) is 0 Å². The largest absolute Gasteiger partial charge is 0.324 e. The van der Waals surface area contributed by atoms with Gasteiger partial charge in [0.15, 0.2) is 0 Å². The second kappa shape index (κ2) is 7.30. The molecule has 0 heterocycles. The number of hydrogen-bond acceptors (Lipinski definition) is 3. The Morgan fingerprint density at radius 3 is 2.67 bits per heavy atom. The van der Waals surface area contributed by atoms with Crippen LogP contribution in [0.3, 0.4) is 0 Å². The van der Waals surface area contributed by atoms with Crippen LogP contribution in [-0.4, -0.2) is 11.2 Å². The summed E-state index contributed by atoms with van der Waals surface area (Å²) < 4.78 is 0.795. The molecule has 0 aliphatic rings. The highest BCUT2D eigenvalue weighted by Crippen LogP contribution is 2.21. The number of nitrogens with zero attached hydrogens (tertiary/aromatic N) is 1. The molecule has 2 rings (SSSR count). The summed E-state index contributed by atoms with van der Waals surface area (Å²) in [6, 6.07) is 16.9. The molecule has 0 saturated heterocycles. The number of carbonyl (C=O) groups excluding carboxylic acids is 1. The van der Waals surface area contributed by atoms with E-state index in [0.717, 1.165) is 10.0 Å². The van der Waals surface area contributed by atoms with Crippen molar-refractivity contribution in [1.82, 2.24) is 0 Å². The average molecular weight is 361 g/mol. The molecule has 2 aromatic carbocycles. The van der Waals surface area contributed by atoms with Crippen molar-refractivity contribution < 1.29 is 4.79 Å². The van der Waals surface area contributed by atoms with Gasteiger partial charge in [-0.1, -0.05) is 46.3 Å². The first kappa shape index (κ1) is 15.6. The third-order valence-electron chi connectivity index (χ3n) is 2.93. The third-order valence-corrected chi connectivity index (χ3v) is 3.84. The molecule has 1 atom stereocenters. The Kier molecular flexibility index (Phi) is 5.43. The van der Waals surface area contributed by atoms with Crippen LogP contribution in [0.4, 0.5) is 5.69 Å². The lowest BCUT2D eigenvalue weighted by Crippen LogP contribution is -2.25. The molecule has 21 heavy (non-hydrogen) atoms. The monoisotopic (exact) mass is 360 g/mol. The van der Waals surface area contributed by atoms with Crippen LogP contribution in [0, 0.1) is 11.3 Å². The lowest BCUT2D eigenvalue weighted by atomic mass is 10.1. The Hall–Kier alpha value is -1.77. The summed E-state index contributed by atoms with van der Waals surface area (Å²) in [4.78, 5) is 12.2. The van der Waals surface area contributed by atoms with Crippen molar-refractivity contribution in [3.8, 4) is 6.07 Å². The summed E-state index contributed by atoms with van der Waals surface area (Å²) in [7, 11) is 0. The highest BCUT2D eigenvalue weighted by Gasteiger charge is 2.16. The Labute approximate surface area is 137 Å². The molecule has 106 valence electrons. The van der Waals surface area contributed by atoms with Gasteiger partial charge in [0.05, 0.1) is 16.5 Å². The number of halogens is 1. The maximum Gasteiger partial charge on any atom is 0.237 e. The van der Waals surface area contributed by atoms with E-state index in [0.29, 0.717) is 17.7 Å². The number of hydrogen-bond donors (Lipinski definition) is 2. The highest BCUT2D eigenvalue weighted by atomic mass is 79.9. The second-order valence-corrected chi connectivity index (χ2v) is 6.04. The molecule has 0 saturated carbocycles. The Bertz CT molecular complexity index is 682. The van der Waals surface area contributed by atoms with E-state index in [2.05, 4.69) is 39.9 Å². The minimum Gasteiger partial charge on any atom is -0.324 e. The molecular formula is C16H13BrN2OS. The molecule has 0 aromatic heterocycles. The molecule has 1 amide bonds. The Balaban J connectivity index is 2.06. The van der Waals surface area contributed by atoms with E-state index in [1.165, 1.54) is 0 Å². The van der Waals surface area contributed by atoms with Gasteiger partial charge in [-0.2, -0.15) is 17.9 Å². The second-order valence-electron chi connectivity index (χ2n) is 4.50. The molecular weight excluding hydrogens is 348 g/mol. The van der Waals surface area contributed by atoms with Gasteiger partial charge >= 0.3 is 0 Å². The fourth-order valence-corrected chi connectivity index (χ4v) is 2.50. The van der Waals surface area contributed by atoms with Crippen LogP contribution < -0.4 is 5.32 Å². The fourth-order valence-electron chi connectivity index (χ4n) is 1.86. The number of thiol groups is 1. The van der Waals surface area contributed by atoms with Crippen LogP contribution in [-0.2, 0) is 11.2 Å². The van der Waals surface area contributed by atoms with Gasteiger partial charge < -0.3 is 5.32 Å². The van der Waals surface area contributed by atoms with E-state index in [9.17, 15) is 4.79 Å². The predicted molar refractivity (Wildman–Crippen MR) is 90.4 cm³/mol. The standard InChI is InChI=1S/C16H13BrN2OS/c17-13-6-7-14(12(9-13)10-18)19-16(20)15(21)8-11-4-2-1-3-5-11/h1-7,9,15,21H,8H2,(H,19,20). The zero-order valence-corrected chi connectivity index (χ0v) is 13.6. The summed E-state index contributed by atoms with van der Waals surface area (Å²) in [5.74, 6) is -0.221. The van der Waals surface area contributed by atoms with Crippen LogP contribution in [0.1, 0.15) is 11.1 Å². The van der Waals surface area contributed by atoms with Crippen LogP contribution in [0.25, 0.3) is 0 Å². The van der Waals surface area contributed by atoms with Gasteiger partial charge in [0.25, 0.3) is 0 Å². The van der Waals surface area contributed by atoms with Crippen molar-refractivity contribution >= 4 is 40.2 Å². The van der Waals surface area contributed by atoms with Crippen LogP contribution in [0.2, 0.25) is 0 Å². The molecule has 0 bridgehead atoms. The van der Waals surface area contributed by atoms with Crippen LogP contribution in [0.15, 0.2) is 53.0 Å². The van der Waals surface area contributed by atoms with Crippen molar-refractivity contribution in [1.29, 1.82) is 5.26 Å². The van der Waals surface area contributed by atoms with E-state index in [1.807, 2.05) is 30.3 Å². The highest BCUT2D eigenvalue weighted by molar-refractivity contribution is 9.10. The minimum absolute atomic E-state index is 0.221. The molecule has 0 aliphatic heterocycles. The number of amides is 1. The zero-order valence-electron chi connectivity index (χ0n) is 11.1. The first-order valence-corrected chi connectivity index (χ1v) is 7.63. The fraction of sp³-hybridized carbons (Fsp3) is 0.125. The molecule has 0 fully saturated rings. The minimum atomic E-state index is -0.470. The van der Waals surface area contributed by atoms with Gasteiger partial charge in [-0.3, -0.25) is 4.79 Å². The zero-order chi connectivity index (χ0) is 15.2. The number of anilines is 1. The molecule has 0 radical (unpaired) electrons. The molecule has 1 unspecified atom stereocenters. The Morgan fingerprint density at radius 2 is 2.00 bits per heavy atom. The Morgan fingerprint density at radius 1 is 1.29 bits per heavy atom. The van der Waals surface area contributed by atoms with E-state index in [-0.39, 0.29) is 5.91 Å². The van der Waals surface area contributed by atoms with E-state index in [1.54, 1.807) is 18.2 Å². The third kappa shape index (κ3) is 4.35. The van der Waals surface area contributed by atoms with E-state index in [4.69, 9.17) is 5.26 Å². The molecule has 0 aliphatic carbocycles. The lowest BCUT2D eigenvalue weighted by Gasteiger charge is -2.12. The van der Waals surface area contributed by atoms with E-state index < -0.39 is 5.25 Å². The van der Waals surface area contributed by atoms with Crippen molar-refractivity contribution in [2.24, 2.45) is 0 Å². The molecule has 2 aromatic rings. The summed E-state index contributed by atoms with van der Waals surface area (Å²) in [6.07, 6.45) is 0.536. The summed E-state index contributed by atoms with van der Waals surface area (Å²) in [5, 5.41) is 11.4. The van der Waals surface area contributed by atoms with Crippen LogP contribution in [0.5, 0.6) is 0 Å². The SMILES string of the molecule is N#Cc1cc(Br)ccc1NC(=O)C(S)Cc1ccccc1. The molecule has 5 heteroatoms. The van der Waals surface area contributed by atoms with E-state index >= 15 is 0 Å². The van der Waals surface area contributed by atoms with Gasteiger partial charge in [0, 0.05) is 4.47 Å². The summed E-state index contributed by atoms with van der Waals surface area (Å²) in [6.45, 7) is 0. The maximum absolute atomic E-state index is 12.2. The number of rotatable bonds is 4. The molecule has 3 nitrogen and oxygen atoms in total. The smallest absolute Gasteiger partial charge is 0.237 e. The number of carbonyl (C=O) groups is 1. The lowest BCUT2D eigenvalue weighted by molar-refractivity contribution is -0.115. The maximum atomic E-state index is 12.2. The van der Waals surface area contributed by atoms with Crippen molar-refractivity contribution in [3.05, 3.63) is 64.1 Å². The van der Waals surface area contributed by atoms with Gasteiger partial charge in [0.2, 0.25) is 5.91 Å². The molecule has 0 spiro atoms. The number of nitriles is 1. The number of nitrogens with one attached hydrogen (secondary N) is 1. The van der Waals surface area contributed by atoms with Gasteiger partial charge in [0.1, 0.15) is 6.07 Å². The number of benzene rings is 2.